The zero-order chi connectivity index (χ0) is 19.7. The molecule has 0 radical (unpaired) electrons. The highest BCUT2D eigenvalue weighted by Gasteiger charge is 2.21. The standard InChI is InChI=1S/C23H21NO3S/c1-16-8-14-21-22(15-9-17(2)23(16)21)24-28(25,26)20-12-10-19(11-13-20)27-18-6-4-3-5-7-18/h3-13,15,24H,14H2,1-2H3. The Kier molecular flexibility index (Phi) is 4.69. The SMILES string of the molecule is CC1=CCc2c(NS(=O)(=O)c3ccc(Oc4ccccc4)cc3)ccc(C)c21. The van der Waals surface area contributed by atoms with Gasteiger partial charge in [0.05, 0.1) is 10.6 Å². The lowest BCUT2D eigenvalue weighted by molar-refractivity contribution is 0.482. The number of hydrogen-bond donors (Lipinski definition) is 1. The minimum absolute atomic E-state index is 0.199. The molecule has 0 saturated heterocycles. The number of allylic oxidation sites excluding steroid dienone is 2. The van der Waals surface area contributed by atoms with Crippen LogP contribution < -0.4 is 9.46 Å². The topological polar surface area (TPSA) is 55.4 Å². The van der Waals surface area contributed by atoms with E-state index in [2.05, 4.69) is 17.7 Å². The third kappa shape index (κ3) is 3.53. The Bertz CT molecular complexity index is 1150. The second-order valence-corrected chi connectivity index (χ2v) is 8.55. The first kappa shape index (κ1) is 18.3. The van der Waals surface area contributed by atoms with E-state index in [0.717, 1.165) is 23.1 Å². The fourth-order valence-electron chi connectivity index (χ4n) is 3.49. The Morgan fingerprint density at radius 2 is 1.54 bits per heavy atom. The van der Waals surface area contributed by atoms with Gasteiger partial charge in [-0.05, 0) is 85.0 Å². The van der Waals surface area contributed by atoms with Gasteiger partial charge in [-0.25, -0.2) is 8.42 Å². The van der Waals surface area contributed by atoms with Gasteiger partial charge < -0.3 is 4.74 Å². The molecule has 1 aliphatic rings. The lowest BCUT2D eigenvalue weighted by Gasteiger charge is -2.15. The van der Waals surface area contributed by atoms with Crippen LogP contribution in [0.5, 0.6) is 11.5 Å². The van der Waals surface area contributed by atoms with Crippen LogP contribution in [0.25, 0.3) is 5.57 Å². The molecule has 0 aromatic heterocycles. The number of ether oxygens (including phenoxy) is 1. The average molecular weight is 391 g/mol. The molecule has 1 aliphatic carbocycles. The summed E-state index contributed by atoms with van der Waals surface area (Å²) in [6.07, 6.45) is 2.87. The summed E-state index contributed by atoms with van der Waals surface area (Å²) in [7, 11) is -3.68. The van der Waals surface area contributed by atoms with Crippen LogP contribution in [0.4, 0.5) is 5.69 Å². The fourth-order valence-corrected chi connectivity index (χ4v) is 4.59. The van der Waals surface area contributed by atoms with E-state index in [1.807, 2.05) is 49.4 Å². The quantitative estimate of drug-likeness (QED) is 0.621. The summed E-state index contributed by atoms with van der Waals surface area (Å²) in [4.78, 5) is 0.199. The van der Waals surface area contributed by atoms with Crippen LogP contribution in [0.2, 0.25) is 0 Å². The maximum Gasteiger partial charge on any atom is 0.261 e. The van der Waals surface area contributed by atoms with E-state index in [1.54, 1.807) is 24.3 Å². The monoisotopic (exact) mass is 391 g/mol. The van der Waals surface area contributed by atoms with Crippen LogP contribution in [-0.2, 0) is 16.4 Å². The van der Waals surface area contributed by atoms with E-state index in [0.29, 0.717) is 17.2 Å². The van der Waals surface area contributed by atoms with E-state index >= 15 is 0 Å². The molecule has 0 atom stereocenters. The van der Waals surface area contributed by atoms with Crippen molar-refractivity contribution < 1.29 is 13.2 Å². The summed E-state index contributed by atoms with van der Waals surface area (Å²) in [6.45, 7) is 4.10. The van der Waals surface area contributed by atoms with Crippen molar-refractivity contribution in [1.82, 2.24) is 0 Å². The zero-order valence-corrected chi connectivity index (χ0v) is 16.6. The number of anilines is 1. The molecule has 3 aromatic carbocycles. The maximum absolute atomic E-state index is 12.9. The highest BCUT2D eigenvalue weighted by molar-refractivity contribution is 7.92. The van der Waals surface area contributed by atoms with Crippen LogP contribution in [0.3, 0.4) is 0 Å². The molecule has 0 heterocycles. The van der Waals surface area contributed by atoms with Crippen molar-refractivity contribution in [1.29, 1.82) is 0 Å². The van der Waals surface area contributed by atoms with Crippen molar-refractivity contribution in [3.8, 4) is 11.5 Å². The van der Waals surface area contributed by atoms with Crippen molar-refractivity contribution in [3.05, 3.63) is 89.5 Å². The third-order valence-electron chi connectivity index (χ3n) is 4.89. The Labute approximate surface area is 165 Å². The first-order valence-electron chi connectivity index (χ1n) is 9.09. The van der Waals surface area contributed by atoms with Crippen LogP contribution in [0, 0.1) is 6.92 Å². The summed E-state index contributed by atoms with van der Waals surface area (Å²) in [5, 5.41) is 0. The normalized spacial score (nSPS) is 13.0. The van der Waals surface area contributed by atoms with Gasteiger partial charge in [-0.3, -0.25) is 4.72 Å². The summed E-state index contributed by atoms with van der Waals surface area (Å²) >= 11 is 0. The number of fused-ring (bicyclic) bond motifs is 1. The zero-order valence-electron chi connectivity index (χ0n) is 15.8. The summed E-state index contributed by atoms with van der Waals surface area (Å²) in [5.41, 5.74) is 5.16. The number of nitrogens with one attached hydrogen (secondary N) is 1. The molecule has 28 heavy (non-hydrogen) atoms. The summed E-state index contributed by atoms with van der Waals surface area (Å²) in [5.74, 6) is 1.29. The first-order chi connectivity index (χ1) is 13.4. The van der Waals surface area contributed by atoms with Crippen LogP contribution in [0.15, 0.2) is 77.7 Å². The lowest BCUT2D eigenvalue weighted by atomic mass is 9.99. The molecular formula is C23H21NO3S. The van der Waals surface area contributed by atoms with E-state index in [-0.39, 0.29) is 4.90 Å². The molecule has 0 saturated carbocycles. The molecule has 4 nitrogen and oxygen atoms in total. The third-order valence-corrected chi connectivity index (χ3v) is 6.27. The molecule has 0 fully saturated rings. The number of benzene rings is 3. The van der Waals surface area contributed by atoms with Crippen molar-refractivity contribution in [2.75, 3.05) is 4.72 Å². The number of hydrogen-bond acceptors (Lipinski definition) is 3. The van der Waals surface area contributed by atoms with Crippen molar-refractivity contribution in [3.63, 3.8) is 0 Å². The molecule has 3 aromatic rings. The van der Waals surface area contributed by atoms with E-state index in [4.69, 9.17) is 4.74 Å². The number of sulfonamides is 1. The molecule has 0 unspecified atom stereocenters. The molecule has 0 aliphatic heterocycles. The molecule has 0 spiro atoms. The molecule has 4 rings (SSSR count). The van der Waals surface area contributed by atoms with Crippen molar-refractivity contribution in [2.45, 2.75) is 25.2 Å². The van der Waals surface area contributed by atoms with Crippen LogP contribution in [-0.4, -0.2) is 8.42 Å². The molecule has 0 bridgehead atoms. The second-order valence-electron chi connectivity index (χ2n) is 6.87. The van der Waals surface area contributed by atoms with Crippen LogP contribution in [0.1, 0.15) is 23.6 Å². The largest absolute Gasteiger partial charge is 0.457 e. The van der Waals surface area contributed by atoms with Gasteiger partial charge in [0.15, 0.2) is 0 Å². The van der Waals surface area contributed by atoms with E-state index < -0.39 is 10.0 Å². The van der Waals surface area contributed by atoms with Gasteiger partial charge in [0, 0.05) is 0 Å². The minimum Gasteiger partial charge on any atom is -0.457 e. The van der Waals surface area contributed by atoms with Crippen molar-refractivity contribution in [2.24, 2.45) is 0 Å². The Hall–Kier alpha value is -3.05. The Morgan fingerprint density at radius 3 is 2.25 bits per heavy atom. The lowest BCUT2D eigenvalue weighted by Crippen LogP contribution is -2.14. The predicted octanol–water partition coefficient (Wildman–Crippen LogP) is 5.55. The second kappa shape index (κ2) is 7.17. The maximum atomic E-state index is 12.9. The van der Waals surface area contributed by atoms with E-state index in [1.165, 1.54) is 5.57 Å². The van der Waals surface area contributed by atoms with Gasteiger partial charge >= 0.3 is 0 Å². The van der Waals surface area contributed by atoms with Gasteiger partial charge in [-0.2, -0.15) is 0 Å². The van der Waals surface area contributed by atoms with Gasteiger partial charge in [0.25, 0.3) is 10.0 Å². The Balaban J connectivity index is 1.57. The smallest absolute Gasteiger partial charge is 0.261 e. The van der Waals surface area contributed by atoms with Gasteiger partial charge in [0.1, 0.15) is 11.5 Å². The number of aryl methyl sites for hydroxylation is 1. The average Bonchev–Trinajstić information content (AvgIpc) is 3.08. The number of para-hydroxylation sites is 1. The summed E-state index contributed by atoms with van der Waals surface area (Å²) < 4.78 is 34.2. The minimum atomic E-state index is -3.68. The molecule has 1 N–H and O–H groups in total. The highest BCUT2D eigenvalue weighted by Crippen LogP contribution is 2.36. The molecule has 142 valence electrons. The summed E-state index contributed by atoms with van der Waals surface area (Å²) in [6, 6.07) is 19.6. The predicted molar refractivity (Wildman–Crippen MR) is 112 cm³/mol. The van der Waals surface area contributed by atoms with E-state index in [9.17, 15) is 8.42 Å². The number of rotatable bonds is 5. The Morgan fingerprint density at radius 1 is 0.857 bits per heavy atom. The first-order valence-corrected chi connectivity index (χ1v) is 10.6. The van der Waals surface area contributed by atoms with Gasteiger partial charge in [-0.15, -0.1) is 0 Å². The van der Waals surface area contributed by atoms with Gasteiger partial charge in [-0.1, -0.05) is 30.3 Å². The molecule has 5 heteroatoms. The molecule has 0 amide bonds. The highest BCUT2D eigenvalue weighted by atomic mass is 32.2. The fraction of sp³-hybridized carbons (Fsp3) is 0.130. The van der Waals surface area contributed by atoms with Crippen molar-refractivity contribution >= 4 is 21.3 Å². The van der Waals surface area contributed by atoms with Gasteiger partial charge in [0.2, 0.25) is 0 Å². The molecular weight excluding hydrogens is 370 g/mol. The van der Waals surface area contributed by atoms with Crippen LogP contribution >= 0.6 is 0 Å².